The molecule has 124 valence electrons. The Balaban J connectivity index is 1.78. The molecule has 0 spiro atoms. The fraction of sp³-hybridized carbons (Fsp3) is 0.118. The Hall–Kier alpha value is -3.35. The quantitative estimate of drug-likeness (QED) is 0.481. The molecule has 2 aromatic rings. The van der Waals surface area contributed by atoms with Crippen LogP contribution in [0.1, 0.15) is 11.1 Å². The van der Waals surface area contributed by atoms with Crippen LogP contribution in [-0.4, -0.2) is 17.6 Å². The van der Waals surface area contributed by atoms with Gasteiger partial charge in [-0.3, -0.25) is 10.1 Å². The van der Waals surface area contributed by atoms with Crippen LogP contribution >= 0.6 is 0 Å². The summed E-state index contributed by atoms with van der Waals surface area (Å²) < 4.78 is 5.06. The van der Waals surface area contributed by atoms with Crippen molar-refractivity contribution in [2.24, 2.45) is 0 Å². The number of benzene rings is 2. The zero-order valence-electron chi connectivity index (χ0n) is 12.8. The van der Waals surface area contributed by atoms with Gasteiger partial charge in [-0.1, -0.05) is 42.5 Å². The second-order valence-corrected chi connectivity index (χ2v) is 4.92. The monoisotopic (exact) mass is 327 g/mol. The Labute approximate surface area is 138 Å². The van der Waals surface area contributed by atoms with E-state index in [4.69, 9.17) is 10.5 Å². The topological polar surface area (TPSA) is 107 Å². The lowest BCUT2D eigenvalue weighted by atomic mass is 10.1. The number of anilines is 1. The van der Waals surface area contributed by atoms with Crippen LogP contribution in [0.25, 0.3) is 6.08 Å². The van der Waals surface area contributed by atoms with Gasteiger partial charge in [0.05, 0.1) is 4.92 Å². The lowest BCUT2D eigenvalue weighted by molar-refractivity contribution is -0.384. The number of hydrogen-bond acceptors (Lipinski definition) is 5. The number of carbonyl (C=O) groups excluding carboxylic acids is 1. The number of nitro benzene ring substituents is 1. The largest absolute Gasteiger partial charge is 0.445 e. The lowest BCUT2D eigenvalue weighted by Gasteiger charge is -2.05. The zero-order valence-corrected chi connectivity index (χ0v) is 12.8. The molecule has 0 bridgehead atoms. The Bertz CT molecular complexity index is 745. The van der Waals surface area contributed by atoms with Crippen molar-refractivity contribution in [2.45, 2.75) is 6.61 Å². The highest BCUT2D eigenvalue weighted by Crippen LogP contribution is 2.20. The number of nitrogens with one attached hydrogen (secondary N) is 1. The first kappa shape index (κ1) is 17.0. The molecule has 0 atom stereocenters. The van der Waals surface area contributed by atoms with Crippen LogP contribution in [0.4, 0.5) is 16.2 Å². The molecule has 0 fully saturated rings. The van der Waals surface area contributed by atoms with E-state index in [9.17, 15) is 14.9 Å². The predicted octanol–water partition coefficient (Wildman–Crippen LogP) is 3.12. The maximum atomic E-state index is 11.5. The first-order chi connectivity index (χ1) is 11.6. The van der Waals surface area contributed by atoms with Crippen molar-refractivity contribution in [3.05, 3.63) is 75.8 Å². The van der Waals surface area contributed by atoms with Crippen LogP contribution in [0.15, 0.2) is 54.6 Å². The maximum Gasteiger partial charge on any atom is 0.407 e. The normalized spacial score (nSPS) is 10.5. The van der Waals surface area contributed by atoms with E-state index in [2.05, 4.69) is 5.32 Å². The van der Waals surface area contributed by atoms with Gasteiger partial charge in [0.15, 0.2) is 0 Å². The summed E-state index contributed by atoms with van der Waals surface area (Å²) in [6.45, 7) is 0.454. The summed E-state index contributed by atoms with van der Waals surface area (Å²) in [4.78, 5) is 21.7. The Morgan fingerprint density at radius 2 is 2.00 bits per heavy atom. The molecular formula is C17H17N3O4. The third-order valence-corrected chi connectivity index (χ3v) is 3.16. The number of alkyl carbamates (subject to hydrolysis) is 1. The first-order valence-corrected chi connectivity index (χ1v) is 7.21. The fourth-order valence-corrected chi connectivity index (χ4v) is 1.93. The molecule has 3 N–H and O–H groups in total. The lowest BCUT2D eigenvalue weighted by Crippen LogP contribution is -2.24. The standard InChI is InChI=1S/C17H17N3O4/c18-16-11-15(20(22)23)9-8-14(16)7-4-10-19-17(21)24-12-13-5-2-1-3-6-13/h1-9,11H,10,12,18H2,(H,19,21). The summed E-state index contributed by atoms with van der Waals surface area (Å²) in [5, 5.41) is 13.2. The minimum Gasteiger partial charge on any atom is -0.445 e. The summed E-state index contributed by atoms with van der Waals surface area (Å²) in [5.74, 6) is 0. The van der Waals surface area contributed by atoms with Crippen molar-refractivity contribution < 1.29 is 14.5 Å². The van der Waals surface area contributed by atoms with E-state index in [1.165, 1.54) is 12.1 Å². The second-order valence-electron chi connectivity index (χ2n) is 4.92. The van der Waals surface area contributed by atoms with E-state index >= 15 is 0 Å². The van der Waals surface area contributed by atoms with Crippen LogP contribution in [0.5, 0.6) is 0 Å². The molecule has 0 aliphatic carbocycles. The molecule has 0 aromatic heterocycles. The summed E-state index contributed by atoms with van der Waals surface area (Å²) in [6, 6.07) is 13.6. The second kappa shape index (κ2) is 8.33. The molecular weight excluding hydrogens is 310 g/mol. The van der Waals surface area contributed by atoms with Crippen LogP contribution in [0.3, 0.4) is 0 Å². The molecule has 0 saturated heterocycles. The number of nitrogens with two attached hydrogens (primary N) is 1. The average molecular weight is 327 g/mol. The van der Waals surface area contributed by atoms with Gasteiger partial charge in [0.2, 0.25) is 0 Å². The van der Waals surface area contributed by atoms with Crippen LogP contribution in [0.2, 0.25) is 0 Å². The van der Waals surface area contributed by atoms with Crippen molar-refractivity contribution in [2.75, 3.05) is 12.3 Å². The van der Waals surface area contributed by atoms with Crippen LogP contribution in [0, 0.1) is 10.1 Å². The van der Waals surface area contributed by atoms with Gasteiger partial charge >= 0.3 is 6.09 Å². The molecule has 0 heterocycles. The van der Waals surface area contributed by atoms with Crippen LogP contribution < -0.4 is 11.1 Å². The summed E-state index contributed by atoms with van der Waals surface area (Å²) >= 11 is 0. The number of carbonyl (C=O) groups is 1. The Kier molecular flexibility index (Phi) is 5.90. The van der Waals surface area contributed by atoms with Gasteiger partial charge in [-0.15, -0.1) is 0 Å². The molecule has 2 rings (SSSR count). The molecule has 1 amide bonds. The fourth-order valence-electron chi connectivity index (χ4n) is 1.93. The number of amides is 1. The van der Waals surface area contributed by atoms with E-state index in [0.717, 1.165) is 5.56 Å². The van der Waals surface area contributed by atoms with Gasteiger partial charge < -0.3 is 15.8 Å². The van der Waals surface area contributed by atoms with Gasteiger partial charge in [0.1, 0.15) is 6.61 Å². The minimum atomic E-state index is -0.528. The molecule has 0 aliphatic rings. The van der Waals surface area contributed by atoms with Crippen molar-refractivity contribution in [1.29, 1.82) is 0 Å². The van der Waals surface area contributed by atoms with E-state index in [1.807, 2.05) is 30.3 Å². The molecule has 0 unspecified atom stereocenters. The summed E-state index contributed by atoms with van der Waals surface area (Å²) in [5.41, 5.74) is 7.52. The number of nitrogen functional groups attached to an aromatic ring is 1. The van der Waals surface area contributed by atoms with Gasteiger partial charge in [0.25, 0.3) is 5.69 Å². The number of hydrogen-bond donors (Lipinski definition) is 2. The average Bonchev–Trinajstić information content (AvgIpc) is 2.58. The van der Waals surface area contributed by atoms with Gasteiger partial charge in [-0.2, -0.15) is 0 Å². The van der Waals surface area contributed by atoms with Crippen molar-refractivity contribution in [3.63, 3.8) is 0 Å². The van der Waals surface area contributed by atoms with E-state index < -0.39 is 11.0 Å². The number of rotatable bonds is 6. The Morgan fingerprint density at radius 1 is 1.25 bits per heavy atom. The van der Waals surface area contributed by atoms with Gasteiger partial charge in [0, 0.05) is 24.4 Å². The third kappa shape index (κ3) is 5.13. The number of ether oxygens (including phenoxy) is 1. The smallest absolute Gasteiger partial charge is 0.407 e. The molecule has 2 aromatic carbocycles. The van der Waals surface area contributed by atoms with Crippen molar-refractivity contribution >= 4 is 23.5 Å². The zero-order chi connectivity index (χ0) is 17.4. The molecule has 7 nitrogen and oxygen atoms in total. The van der Waals surface area contributed by atoms with Gasteiger partial charge in [-0.25, -0.2) is 4.79 Å². The molecule has 7 heteroatoms. The first-order valence-electron chi connectivity index (χ1n) is 7.21. The van der Waals surface area contributed by atoms with E-state index in [1.54, 1.807) is 18.2 Å². The summed E-state index contributed by atoms with van der Waals surface area (Å²) in [6.07, 6.45) is 2.83. The molecule has 0 aliphatic heterocycles. The predicted molar refractivity (Wildman–Crippen MR) is 91.2 cm³/mol. The molecule has 24 heavy (non-hydrogen) atoms. The highest BCUT2D eigenvalue weighted by molar-refractivity contribution is 5.69. The van der Waals surface area contributed by atoms with Crippen molar-refractivity contribution in [3.8, 4) is 0 Å². The highest BCUT2D eigenvalue weighted by Gasteiger charge is 2.06. The van der Waals surface area contributed by atoms with Crippen molar-refractivity contribution in [1.82, 2.24) is 5.32 Å². The number of nitrogens with zero attached hydrogens (tertiary/aromatic N) is 1. The molecule has 0 radical (unpaired) electrons. The van der Waals surface area contributed by atoms with Crippen LogP contribution in [-0.2, 0) is 11.3 Å². The Morgan fingerprint density at radius 3 is 2.67 bits per heavy atom. The third-order valence-electron chi connectivity index (χ3n) is 3.16. The number of non-ortho nitro benzene ring substituents is 1. The van der Waals surface area contributed by atoms with E-state index in [0.29, 0.717) is 11.3 Å². The van der Waals surface area contributed by atoms with E-state index in [-0.39, 0.29) is 18.8 Å². The minimum absolute atomic E-state index is 0.0627. The molecule has 0 saturated carbocycles. The number of nitro groups is 1. The summed E-state index contributed by atoms with van der Waals surface area (Å²) in [7, 11) is 0. The SMILES string of the molecule is Nc1cc([N+](=O)[O-])ccc1C=CCNC(=O)OCc1ccccc1. The maximum absolute atomic E-state index is 11.5. The highest BCUT2D eigenvalue weighted by atomic mass is 16.6. The van der Waals surface area contributed by atoms with Gasteiger partial charge in [-0.05, 0) is 17.2 Å².